The Balaban J connectivity index is 1.51. The van der Waals surface area contributed by atoms with Gasteiger partial charge in [0.15, 0.2) is 5.65 Å². The lowest BCUT2D eigenvalue weighted by Gasteiger charge is -2.12. The lowest BCUT2D eigenvalue weighted by Crippen LogP contribution is -2.12. The number of carbonyl (C=O) groups excluding carboxylic acids is 1. The molecule has 5 rings (SSSR count). The highest BCUT2D eigenvalue weighted by atomic mass is 127. The fourth-order valence-electron chi connectivity index (χ4n) is 3.59. The summed E-state index contributed by atoms with van der Waals surface area (Å²) >= 11 is 1.43. The predicted molar refractivity (Wildman–Crippen MR) is 123 cm³/mol. The van der Waals surface area contributed by atoms with E-state index < -0.39 is 7.01 Å². The van der Waals surface area contributed by atoms with Crippen LogP contribution in [0.25, 0.3) is 16.9 Å². The molecule has 0 atom stereocenters. The van der Waals surface area contributed by atoms with E-state index in [4.69, 9.17) is 0 Å². The number of hydrogen-bond donors (Lipinski definition) is 2. The quantitative estimate of drug-likeness (QED) is 0.306. The number of fused-ring (bicyclic) bond motifs is 2. The highest BCUT2D eigenvalue weighted by Gasteiger charge is 2.19. The van der Waals surface area contributed by atoms with Crippen LogP contribution in [0.2, 0.25) is 0 Å². The molecular formula is C21H15IN4O3S. The summed E-state index contributed by atoms with van der Waals surface area (Å²) in [5, 5.41) is 6.14. The number of pyridine rings is 1. The lowest BCUT2D eigenvalue weighted by atomic mass is 10.0. The Morgan fingerprint density at radius 3 is 2.63 bits per heavy atom. The van der Waals surface area contributed by atoms with E-state index in [9.17, 15) is 13.2 Å². The van der Waals surface area contributed by atoms with Gasteiger partial charge in [0.25, 0.3) is 5.91 Å². The van der Waals surface area contributed by atoms with E-state index in [1.165, 1.54) is 21.2 Å². The standard InChI is InChI=1S/C21H15IN4O3S/c22-30(28,29)16-4-2-15(3-5-16)25-18-7-8-19(26-10-9-23-20(18)26)13-1-6-17-14(11-13)12-24-21(17)27/h1-11,25H,12H2,(H,24,27). The summed E-state index contributed by atoms with van der Waals surface area (Å²) < 4.78 is 25.3. The molecule has 9 heteroatoms. The summed E-state index contributed by atoms with van der Waals surface area (Å²) in [6.07, 6.45) is 3.62. The van der Waals surface area contributed by atoms with E-state index in [0.29, 0.717) is 6.54 Å². The number of anilines is 2. The smallest absolute Gasteiger partial charge is 0.251 e. The van der Waals surface area contributed by atoms with Crippen molar-refractivity contribution in [3.8, 4) is 11.3 Å². The number of benzene rings is 2. The summed E-state index contributed by atoms with van der Waals surface area (Å²) in [5.74, 6) is -0.0368. The molecule has 0 radical (unpaired) electrons. The van der Waals surface area contributed by atoms with E-state index in [-0.39, 0.29) is 10.8 Å². The van der Waals surface area contributed by atoms with Gasteiger partial charge in [0, 0.05) is 30.2 Å². The van der Waals surface area contributed by atoms with E-state index >= 15 is 0 Å². The summed E-state index contributed by atoms with van der Waals surface area (Å²) in [5.41, 5.74) is 5.96. The number of hydrogen-bond acceptors (Lipinski definition) is 5. The molecule has 7 nitrogen and oxygen atoms in total. The Bertz CT molecular complexity index is 1410. The first-order chi connectivity index (χ1) is 14.4. The van der Waals surface area contributed by atoms with Gasteiger partial charge < -0.3 is 10.6 Å². The van der Waals surface area contributed by atoms with Crippen molar-refractivity contribution in [2.45, 2.75) is 11.4 Å². The van der Waals surface area contributed by atoms with Gasteiger partial charge >= 0.3 is 0 Å². The van der Waals surface area contributed by atoms with Gasteiger partial charge in [-0.1, -0.05) is 6.07 Å². The molecule has 1 aliphatic rings. The van der Waals surface area contributed by atoms with Crippen molar-refractivity contribution in [2.24, 2.45) is 0 Å². The van der Waals surface area contributed by atoms with E-state index in [0.717, 1.165) is 39.4 Å². The van der Waals surface area contributed by atoms with Crippen LogP contribution in [0.5, 0.6) is 0 Å². The Morgan fingerprint density at radius 2 is 1.87 bits per heavy atom. The molecule has 0 unspecified atom stereocenters. The van der Waals surface area contributed by atoms with Crippen LogP contribution in [0.15, 0.2) is 71.9 Å². The Labute approximate surface area is 184 Å². The third kappa shape index (κ3) is 3.33. The third-order valence-corrected chi connectivity index (χ3v) is 7.41. The Hall–Kier alpha value is -2.92. The average Bonchev–Trinajstić information content (AvgIpc) is 3.35. The van der Waals surface area contributed by atoms with E-state index in [1.54, 1.807) is 30.5 Å². The van der Waals surface area contributed by atoms with Crippen LogP contribution in [0.1, 0.15) is 15.9 Å². The van der Waals surface area contributed by atoms with Crippen LogP contribution in [-0.4, -0.2) is 23.7 Å². The van der Waals surface area contributed by atoms with Gasteiger partial charge in [-0.15, -0.1) is 0 Å². The van der Waals surface area contributed by atoms with E-state index in [1.807, 2.05) is 40.9 Å². The Kier molecular flexibility index (Phi) is 4.51. The maximum Gasteiger partial charge on any atom is 0.251 e. The largest absolute Gasteiger partial charge is 0.352 e. The van der Waals surface area contributed by atoms with Gasteiger partial charge in [0.05, 0.1) is 37.5 Å². The second kappa shape index (κ2) is 7.10. The van der Waals surface area contributed by atoms with Gasteiger partial charge in [-0.3, -0.25) is 9.20 Å². The molecule has 0 saturated heterocycles. The van der Waals surface area contributed by atoms with E-state index in [2.05, 4.69) is 15.6 Å². The zero-order valence-corrected chi connectivity index (χ0v) is 18.4. The number of imidazole rings is 1. The summed E-state index contributed by atoms with van der Waals surface area (Å²) in [6.45, 7) is 0.539. The first kappa shape index (κ1) is 19.1. The SMILES string of the molecule is O=C1NCc2cc(-c3ccc(Nc4ccc(S(=O)(=O)I)cc4)c4nccn34)ccc21. The first-order valence-electron chi connectivity index (χ1n) is 9.09. The number of rotatable bonds is 4. The van der Waals surface area contributed by atoms with Crippen molar-refractivity contribution >= 4 is 51.1 Å². The van der Waals surface area contributed by atoms with Crippen LogP contribution < -0.4 is 10.6 Å². The number of nitrogens with one attached hydrogen (secondary N) is 2. The van der Waals surface area contributed by atoms with Crippen LogP contribution in [0.4, 0.5) is 11.4 Å². The Morgan fingerprint density at radius 1 is 1.07 bits per heavy atom. The van der Waals surface area contributed by atoms with Crippen molar-refractivity contribution in [1.29, 1.82) is 0 Å². The van der Waals surface area contributed by atoms with Crippen LogP contribution in [0.3, 0.4) is 0 Å². The zero-order valence-electron chi connectivity index (χ0n) is 15.5. The van der Waals surface area contributed by atoms with Gasteiger partial charge in [0.2, 0.25) is 7.01 Å². The van der Waals surface area contributed by atoms with Crippen LogP contribution in [0, 0.1) is 0 Å². The topological polar surface area (TPSA) is 92.6 Å². The second-order valence-electron chi connectivity index (χ2n) is 6.89. The zero-order chi connectivity index (χ0) is 20.9. The highest BCUT2D eigenvalue weighted by molar-refractivity contribution is 14.2. The molecule has 1 amide bonds. The van der Waals surface area contributed by atoms with Crippen molar-refractivity contribution in [2.75, 3.05) is 5.32 Å². The fourth-order valence-corrected chi connectivity index (χ4v) is 4.94. The molecular weight excluding hydrogens is 515 g/mol. The molecule has 0 spiro atoms. The summed E-state index contributed by atoms with van der Waals surface area (Å²) in [4.78, 5) is 16.6. The molecule has 0 bridgehead atoms. The van der Waals surface area contributed by atoms with Crippen molar-refractivity contribution in [1.82, 2.24) is 14.7 Å². The maximum atomic E-state index is 11.8. The minimum absolute atomic E-state index is 0.0368. The summed E-state index contributed by atoms with van der Waals surface area (Å²) in [7, 11) is -3.26. The monoisotopic (exact) mass is 530 g/mol. The van der Waals surface area contributed by atoms with Crippen molar-refractivity contribution < 1.29 is 13.2 Å². The molecule has 0 saturated carbocycles. The number of halogens is 1. The molecule has 2 aromatic heterocycles. The molecule has 150 valence electrons. The minimum atomic E-state index is -3.26. The molecule has 30 heavy (non-hydrogen) atoms. The molecule has 4 aromatic rings. The number of nitrogens with zero attached hydrogens (tertiary/aromatic N) is 2. The fraction of sp³-hybridized carbons (Fsp3) is 0.0476. The van der Waals surface area contributed by atoms with Gasteiger partial charge in [-0.05, 0) is 59.7 Å². The van der Waals surface area contributed by atoms with Gasteiger partial charge in [0.1, 0.15) is 0 Å². The van der Waals surface area contributed by atoms with Gasteiger partial charge in [-0.2, -0.15) is 0 Å². The molecule has 2 N–H and O–H groups in total. The van der Waals surface area contributed by atoms with Crippen LogP contribution in [-0.2, 0) is 13.6 Å². The number of carbonyl (C=O) groups is 1. The van der Waals surface area contributed by atoms with Crippen molar-refractivity contribution in [3.05, 3.63) is 78.1 Å². The molecule has 2 aromatic carbocycles. The molecule has 1 aliphatic heterocycles. The highest BCUT2D eigenvalue weighted by Crippen LogP contribution is 2.30. The lowest BCUT2D eigenvalue weighted by molar-refractivity contribution is 0.0965. The summed E-state index contributed by atoms with van der Waals surface area (Å²) in [6, 6.07) is 16.3. The molecule has 3 heterocycles. The minimum Gasteiger partial charge on any atom is -0.352 e. The van der Waals surface area contributed by atoms with Gasteiger partial charge in [-0.25, -0.2) is 13.4 Å². The predicted octanol–water partition coefficient (Wildman–Crippen LogP) is 4.11. The number of aromatic nitrogens is 2. The van der Waals surface area contributed by atoms with Crippen molar-refractivity contribution in [3.63, 3.8) is 0 Å². The normalized spacial score (nSPS) is 13.3. The third-order valence-electron chi connectivity index (χ3n) is 5.05. The maximum absolute atomic E-state index is 11.8. The second-order valence-corrected chi connectivity index (χ2v) is 11.7. The molecule has 0 aliphatic carbocycles. The first-order valence-corrected chi connectivity index (χ1v) is 13.1. The molecule has 0 fully saturated rings. The average molecular weight is 530 g/mol. The van der Waals surface area contributed by atoms with Crippen LogP contribution >= 0.6 is 21.2 Å². The number of amides is 1.